The number of anilines is 1. The van der Waals surface area contributed by atoms with Crippen molar-refractivity contribution in [2.75, 3.05) is 11.6 Å². The Bertz CT molecular complexity index is 1410. The molecule has 2 unspecified atom stereocenters. The van der Waals surface area contributed by atoms with Crippen LogP contribution in [0.1, 0.15) is 33.1 Å². The highest BCUT2D eigenvalue weighted by Crippen LogP contribution is 2.46. The van der Waals surface area contributed by atoms with E-state index in [0.717, 1.165) is 12.1 Å². The molecule has 6 nitrogen and oxygen atoms in total. The molecule has 0 saturated carbocycles. The van der Waals surface area contributed by atoms with E-state index in [1.807, 2.05) is 0 Å². The van der Waals surface area contributed by atoms with Gasteiger partial charge in [-0.15, -0.1) is 0 Å². The number of hydrogen-bond acceptors (Lipinski definition) is 4. The van der Waals surface area contributed by atoms with Crippen molar-refractivity contribution in [1.82, 2.24) is 0 Å². The van der Waals surface area contributed by atoms with E-state index in [1.54, 1.807) is 6.07 Å². The van der Waals surface area contributed by atoms with Gasteiger partial charge in [-0.05, 0) is 48.0 Å². The lowest BCUT2D eigenvalue weighted by Crippen LogP contribution is -2.33. The molecule has 0 bridgehead atoms. The molecule has 0 aromatic heterocycles. The second kappa shape index (κ2) is 8.13. The molecule has 2 heterocycles. The van der Waals surface area contributed by atoms with Crippen molar-refractivity contribution < 1.29 is 32.2 Å². The van der Waals surface area contributed by atoms with Gasteiger partial charge in [0.2, 0.25) is 0 Å². The Balaban J connectivity index is 1.67. The third kappa shape index (κ3) is 3.85. The maximum Gasteiger partial charge on any atom is 0.407 e. The maximum absolute atomic E-state index is 13.7. The van der Waals surface area contributed by atoms with E-state index >= 15 is 0 Å². The zero-order valence-electron chi connectivity index (χ0n) is 17.8. The lowest BCUT2D eigenvalue weighted by Gasteiger charge is -2.31. The Hall–Kier alpha value is -4.39. The number of halogens is 4. The van der Waals surface area contributed by atoms with E-state index in [0.29, 0.717) is 22.6 Å². The summed E-state index contributed by atoms with van der Waals surface area (Å²) in [7, 11) is 0. The molecule has 2 aliphatic heterocycles. The van der Waals surface area contributed by atoms with Crippen molar-refractivity contribution in [2.24, 2.45) is 11.0 Å². The number of hydrogen-bond donors (Lipinski definition) is 1. The average molecular weight is 481 g/mol. The van der Waals surface area contributed by atoms with Gasteiger partial charge < -0.3 is 9.84 Å². The highest BCUT2D eigenvalue weighted by atomic mass is 19.4. The summed E-state index contributed by atoms with van der Waals surface area (Å²) in [6, 6.07) is 12.6. The maximum atomic E-state index is 13.7. The Kier molecular flexibility index (Phi) is 5.20. The number of hydrazone groups is 1. The summed E-state index contributed by atoms with van der Waals surface area (Å²) in [6.07, 6.45) is -4.75. The van der Waals surface area contributed by atoms with Crippen molar-refractivity contribution in [3.8, 4) is 5.75 Å². The van der Waals surface area contributed by atoms with Gasteiger partial charge in [0.25, 0.3) is 0 Å². The minimum absolute atomic E-state index is 0.0253. The number of carboxylic acid groups (broad SMARTS) is 1. The van der Waals surface area contributed by atoms with E-state index in [2.05, 4.69) is 9.95 Å². The number of ether oxygens (including phenoxy) is 1. The van der Waals surface area contributed by atoms with Crippen LogP contribution in [0.5, 0.6) is 5.75 Å². The van der Waals surface area contributed by atoms with Gasteiger partial charge in [-0.2, -0.15) is 18.3 Å². The highest BCUT2D eigenvalue weighted by Gasteiger charge is 2.44. The fourth-order valence-corrected chi connectivity index (χ4v) is 4.40. The average Bonchev–Trinajstić information content (AvgIpc) is 3.23. The van der Waals surface area contributed by atoms with Crippen LogP contribution in [0, 0.1) is 18.3 Å². The second-order valence-electron chi connectivity index (χ2n) is 8.07. The van der Waals surface area contributed by atoms with Gasteiger partial charge in [-0.25, -0.2) is 14.0 Å². The van der Waals surface area contributed by atoms with Crippen LogP contribution in [0.15, 0.2) is 65.8 Å². The summed E-state index contributed by atoms with van der Waals surface area (Å²) in [5.74, 6) is -1.72. The predicted molar refractivity (Wildman–Crippen MR) is 118 cm³/mol. The minimum atomic E-state index is -4.75. The number of fused-ring (bicyclic) bond motifs is 3. The Labute approximate surface area is 196 Å². The number of alkyl halides is 3. The zero-order chi connectivity index (χ0) is 24.9. The standard InChI is InChI=1S/C25H15F4N3O3/c1-30-20-9-7-16(11-19(20)25(27,28)29)32-23(13-2-5-15(26)6-3-13)18-12-35-21-10-14(24(33)34)4-8-17(21)22(18)31-32/h2-11,18,23H,12H2,(H,33,34). The Morgan fingerprint density at radius 3 is 2.51 bits per heavy atom. The zero-order valence-corrected chi connectivity index (χ0v) is 17.8. The normalized spacial score (nSPS) is 18.7. The molecule has 5 rings (SSSR count). The van der Waals surface area contributed by atoms with Gasteiger partial charge in [0, 0.05) is 5.56 Å². The van der Waals surface area contributed by atoms with Gasteiger partial charge >= 0.3 is 12.1 Å². The smallest absolute Gasteiger partial charge is 0.407 e. The fraction of sp³-hybridized carbons (Fsp3) is 0.160. The van der Waals surface area contributed by atoms with Crippen molar-refractivity contribution in [1.29, 1.82) is 0 Å². The number of nitrogens with zero attached hydrogens (tertiary/aromatic N) is 3. The summed E-state index contributed by atoms with van der Waals surface area (Å²) >= 11 is 0. The predicted octanol–water partition coefficient (Wildman–Crippen LogP) is 6.07. The Morgan fingerprint density at radius 1 is 1.11 bits per heavy atom. The second-order valence-corrected chi connectivity index (χ2v) is 8.07. The van der Waals surface area contributed by atoms with Crippen LogP contribution >= 0.6 is 0 Å². The van der Waals surface area contributed by atoms with E-state index in [-0.39, 0.29) is 17.9 Å². The molecule has 0 saturated heterocycles. The first kappa shape index (κ1) is 22.4. The summed E-state index contributed by atoms with van der Waals surface area (Å²) in [6.45, 7) is 7.17. The molecular weight excluding hydrogens is 466 g/mol. The quantitative estimate of drug-likeness (QED) is 0.364. The number of aromatic carboxylic acids is 1. The number of benzene rings is 3. The summed E-state index contributed by atoms with van der Waals surface area (Å²) in [5.41, 5.74) is 0.156. The monoisotopic (exact) mass is 481 g/mol. The highest BCUT2D eigenvalue weighted by molar-refractivity contribution is 6.08. The number of carboxylic acids is 1. The van der Waals surface area contributed by atoms with Crippen LogP contribution in [-0.4, -0.2) is 23.4 Å². The van der Waals surface area contributed by atoms with Gasteiger partial charge in [0.1, 0.15) is 11.6 Å². The number of rotatable bonds is 3. The van der Waals surface area contributed by atoms with E-state index in [9.17, 15) is 27.5 Å². The summed E-state index contributed by atoms with van der Waals surface area (Å²) < 4.78 is 60.4. The third-order valence-electron chi connectivity index (χ3n) is 6.02. The van der Waals surface area contributed by atoms with Crippen molar-refractivity contribution in [3.63, 3.8) is 0 Å². The van der Waals surface area contributed by atoms with Crippen molar-refractivity contribution in [3.05, 3.63) is 100 Å². The molecule has 3 aromatic rings. The van der Waals surface area contributed by atoms with Crippen LogP contribution in [0.3, 0.4) is 0 Å². The first-order chi connectivity index (χ1) is 16.7. The van der Waals surface area contributed by atoms with Gasteiger partial charge in [0.05, 0.1) is 47.7 Å². The van der Waals surface area contributed by atoms with Gasteiger partial charge in [0.15, 0.2) is 5.69 Å². The lowest BCUT2D eigenvalue weighted by atomic mass is 9.85. The third-order valence-corrected chi connectivity index (χ3v) is 6.02. The van der Waals surface area contributed by atoms with E-state index in [4.69, 9.17) is 11.3 Å². The van der Waals surface area contributed by atoms with Crippen LogP contribution in [0.2, 0.25) is 0 Å². The van der Waals surface area contributed by atoms with Crippen LogP contribution in [-0.2, 0) is 6.18 Å². The van der Waals surface area contributed by atoms with E-state index in [1.165, 1.54) is 47.5 Å². The first-order valence-corrected chi connectivity index (χ1v) is 10.4. The molecule has 0 radical (unpaired) electrons. The molecule has 0 spiro atoms. The first-order valence-electron chi connectivity index (χ1n) is 10.4. The van der Waals surface area contributed by atoms with Crippen LogP contribution < -0.4 is 9.75 Å². The van der Waals surface area contributed by atoms with E-state index < -0.39 is 41.2 Å². The Morgan fingerprint density at radius 2 is 1.86 bits per heavy atom. The van der Waals surface area contributed by atoms with Gasteiger partial charge in [-0.3, -0.25) is 5.01 Å². The molecular formula is C25H15F4N3O3. The summed E-state index contributed by atoms with van der Waals surface area (Å²) in [4.78, 5) is 14.3. The van der Waals surface area contributed by atoms with Gasteiger partial charge in [-0.1, -0.05) is 18.2 Å². The molecule has 0 fully saturated rings. The number of carbonyl (C=O) groups is 1. The molecule has 176 valence electrons. The molecule has 10 heteroatoms. The minimum Gasteiger partial charge on any atom is -0.492 e. The van der Waals surface area contributed by atoms with Crippen LogP contribution in [0.4, 0.5) is 28.9 Å². The molecule has 0 amide bonds. The van der Waals surface area contributed by atoms with Crippen LogP contribution in [0.25, 0.3) is 4.85 Å². The summed E-state index contributed by atoms with van der Waals surface area (Å²) in [5, 5.41) is 15.3. The molecule has 2 atom stereocenters. The lowest BCUT2D eigenvalue weighted by molar-refractivity contribution is -0.136. The molecule has 2 aliphatic rings. The molecule has 0 aliphatic carbocycles. The van der Waals surface area contributed by atoms with Crippen molar-refractivity contribution in [2.45, 2.75) is 12.2 Å². The molecule has 35 heavy (non-hydrogen) atoms. The largest absolute Gasteiger partial charge is 0.492 e. The molecule has 3 aromatic carbocycles. The SMILES string of the molecule is [C-]#[N+]c1ccc(N2N=C3c4ccc(C(=O)O)cc4OCC3C2c2ccc(F)cc2)cc1C(F)(F)F. The fourth-order valence-electron chi connectivity index (χ4n) is 4.40. The van der Waals surface area contributed by atoms with Crippen molar-refractivity contribution >= 4 is 23.1 Å². The molecule has 1 N–H and O–H groups in total. The topological polar surface area (TPSA) is 66.5 Å².